The first-order valence-corrected chi connectivity index (χ1v) is 9.68. The van der Waals surface area contributed by atoms with E-state index in [0.717, 1.165) is 19.4 Å². The summed E-state index contributed by atoms with van der Waals surface area (Å²) in [6.45, 7) is 5.55. The van der Waals surface area contributed by atoms with Crippen LogP contribution in [-0.4, -0.2) is 36.0 Å². The summed E-state index contributed by atoms with van der Waals surface area (Å²) in [6, 6.07) is 0. The molecule has 3 nitrogen and oxygen atoms in total. The first-order chi connectivity index (χ1) is 10.6. The van der Waals surface area contributed by atoms with Crippen LogP contribution in [0.25, 0.3) is 0 Å². The first-order valence-electron chi connectivity index (χ1n) is 9.68. The molecule has 1 amide bonds. The summed E-state index contributed by atoms with van der Waals surface area (Å²) in [5.41, 5.74) is 0.182. The van der Waals surface area contributed by atoms with Crippen molar-refractivity contribution in [2.24, 2.45) is 5.41 Å². The predicted octanol–water partition coefficient (Wildman–Crippen LogP) is 3.87. The second kappa shape index (κ2) is 6.90. The number of hydrogen-bond acceptors (Lipinski definition) is 2. The van der Waals surface area contributed by atoms with Crippen molar-refractivity contribution in [2.75, 3.05) is 19.6 Å². The van der Waals surface area contributed by atoms with Gasteiger partial charge >= 0.3 is 0 Å². The lowest BCUT2D eigenvalue weighted by Gasteiger charge is -2.48. The molecule has 0 atom stereocenters. The zero-order chi connectivity index (χ0) is 15.5. The molecule has 0 bridgehead atoms. The van der Waals surface area contributed by atoms with Crippen LogP contribution in [0.15, 0.2) is 0 Å². The van der Waals surface area contributed by atoms with Crippen molar-refractivity contribution in [1.29, 1.82) is 0 Å². The van der Waals surface area contributed by atoms with E-state index in [1.54, 1.807) is 0 Å². The number of amides is 1. The van der Waals surface area contributed by atoms with E-state index in [2.05, 4.69) is 17.1 Å². The molecule has 3 rings (SSSR count). The van der Waals surface area contributed by atoms with E-state index in [1.165, 1.54) is 77.3 Å². The molecule has 0 aromatic carbocycles. The standard InChI is InChI=1S/C19H34N2O/c1-18(10-6-7-11-18)17(22)20-16-19(12-4-2-5-13-19)21-14-8-3-9-15-21/h2-16H2,1H3,(H,20,22). The van der Waals surface area contributed by atoms with E-state index in [1.807, 2.05) is 0 Å². The fourth-order valence-corrected chi connectivity index (χ4v) is 5.02. The number of carbonyl (C=O) groups is 1. The van der Waals surface area contributed by atoms with Gasteiger partial charge in [0, 0.05) is 17.5 Å². The Kier molecular flexibility index (Phi) is 5.11. The molecule has 0 aromatic heterocycles. The lowest BCUT2D eigenvalue weighted by Crippen LogP contribution is -2.59. The van der Waals surface area contributed by atoms with Crippen LogP contribution in [0.3, 0.4) is 0 Å². The van der Waals surface area contributed by atoms with Crippen LogP contribution in [0.5, 0.6) is 0 Å². The highest BCUT2D eigenvalue weighted by molar-refractivity contribution is 5.82. The lowest BCUT2D eigenvalue weighted by molar-refractivity contribution is -0.130. The van der Waals surface area contributed by atoms with Gasteiger partial charge in [0.15, 0.2) is 0 Å². The Morgan fingerprint density at radius 2 is 1.41 bits per heavy atom. The van der Waals surface area contributed by atoms with Crippen LogP contribution in [0, 0.1) is 5.41 Å². The van der Waals surface area contributed by atoms with Gasteiger partial charge in [-0.3, -0.25) is 9.69 Å². The molecule has 1 N–H and O–H groups in total. The van der Waals surface area contributed by atoms with Crippen molar-refractivity contribution in [1.82, 2.24) is 10.2 Å². The minimum atomic E-state index is -0.0856. The highest BCUT2D eigenvalue weighted by Crippen LogP contribution is 2.39. The summed E-state index contributed by atoms with van der Waals surface area (Å²) in [5, 5.41) is 3.39. The number of nitrogens with zero attached hydrogens (tertiary/aromatic N) is 1. The van der Waals surface area contributed by atoms with E-state index in [4.69, 9.17) is 0 Å². The lowest BCUT2D eigenvalue weighted by atomic mass is 9.78. The molecule has 22 heavy (non-hydrogen) atoms. The Labute approximate surface area is 136 Å². The number of carbonyl (C=O) groups excluding carboxylic acids is 1. The van der Waals surface area contributed by atoms with Gasteiger partial charge in [-0.25, -0.2) is 0 Å². The molecule has 0 spiro atoms. The van der Waals surface area contributed by atoms with Gasteiger partial charge in [0.2, 0.25) is 5.91 Å². The third-order valence-electron chi connectivity index (χ3n) is 6.64. The zero-order valence-corrected chi connectivity index (χ0v) is 14.5. The topological polar surface area (TPSA) is 32.3 Å². The van der Waals surface area contributed by atoms with Crippen LogP contribution in [-0.2, 0) is 4.79 Å². The average molecular weight is 306 g/mol. The van der Waals surface area contributed by atoms with Crippen molar-refractivity contribution < 1.29 is 4.79 Å². The fourth-order valence-electron chi connectivity index (χ4n) is 5.02. The maximum atomic E-state index is 12.7. The van der Waals surface area contributed by atoms with Gasteiger partial charge in [0.05, 0.1) is 0 Å². The van der Waals surface area contributed by atoms with Crippen molar-refractivity contribution in [2.45, 2.75) is 89.5 Å². The van der Waals surface area contributed by atoms with Crippen molar-refractivity contribution in [3.63, 3.8) is 0 Å². The summed E-state index contributed by atoms with van der Waals surface area (Å²) in [7, 11) is 0. The van der Waals surface area contributed by atoms with E-state index in [9.17, 15) is 4.79 Å². The minimum Gasteiger partial charge on any atom is -0.354 e. The van der Waals surface area contributed by atoms with Crippen molar-refractivity contribution >= 4 is 5.91 Å². The second-order valence-electron chi connectivity index (χ2n) is 8.28. The highest BCUT2D eigenvalue weighted by Gasteiger charge is 2.41. The largest absolute Gasteiger partial charge is 0.354 e. The van der Waals surface area contributed by atoms with Gasteiger partial charge in [-0.05, 0) is 51.6 Å². The Balaban J connectivity index is 1.63. The van der Waals surface area contributed by atoms with Gasteiger partial charge in [0.1, 0.15) is 0 Å². The van der Waals surface area contributed by atoms with E-state index < -0.39 is 0 Å². The van der Waals surface area contributed by atoms with E-state index in [-0.39, 0.29) is 11.0 Å². The molecule has 2 aliphatic carbocycles. The predicted molar refractivity (Wildman–Crippen MR) is 90.8 cm³/mol. The van der Waals surface area contributed by atoms with Crippen LogP contribution < -0.4 is 5.32 Å². The van der Waals surface area contributed by atoms with Crippen LogP contribution in [0.2, 0.25) is 0 Å². The maximum absolute atomic E-state index is 12.7. The van der Waals surface area contributed by atoms with Gasteiger partial charge in [-0.2, -0.15) is 0 Å². The molecule has 126 valence electrons. The molecule has 2 saturated carbocycles. The molecule has 3 heteroatoms. The molecule has 3 fully saturated rings. The second-order valence-corrected chi connectivity index (χ2v) is 8.28. The monoisotopic (exact) mass is 306 g/mol. The van der Waals surface area contributed by atoms with Gasteiger partial charge < -0.3 is 5.32 Å². The number of rotatable bonds is 4. The molecule has 1 heterocycles. The zero-order valence-electron chi connectivity index (χ0n) is 14.5. The minimum absolute atomic E-state index is 0.0856. The Hall–Kier alpha value is -0.570. The molecular weight excluding hydrogens is 272 g/mol. The summed E-state index contributed by atoms with van der Waals surface area (Å²) < 4.78 is 0. The Morgan fingerprint density at radius 1 is 0.864 bits per heavy atom. The molecule has 0 aromatic rings. The fraction of sp³-hybridized carbons (Fsp3) is 0.947. The molecule has 1 saturated heterocycles. The molecule has 1 aliphatic heterocycles. The van der Waals surface area contributed by atoms with Crippen molar-refractivity contribution in [3.05, 3.63) is 0 Å². The number of likely N-dealkylation sites (tertiary alicyclic amines) is 1. The maximum Gasteiger partial charge on any atom is 0.226 e. The van der Waals surface area contributed by atoms with Crippen LogP contribution in [0.1, 0.15) is 84.0 Å². The molecule has 0 unspecified atom stereocenters. The highest BCUT2D eigenvalue weighted by atomic mass is 16.2. The number of piperidine rings is 1. The van der Waals surface area contributed by atoms with Gasteiger partial charge in [-0.1, -0.05) is 45.4 Å². The third kappa shape index (κ3) is 3.34. The first kappa shape index (κ1) is 16.3. The quantitative estimate of drug-likeness (QED) is 0.855. The molecular formula is C19H34N2O. The molecule has 3 aliphatic rings. The Morgan fingerprint density at radius 3 is 2.05 bits per heavy atom. The smallest absolute Gasteiger partial charge is 0.226 e. The third-order valence-corrected chi connectivity index (χ3v) is 6.64. The molecule has 0 radical (unpaired) electrons. The van der Waals surface area contributed by atoms with Gasteiger partial charge in [-0.15, -0.1) is 0 Å². The van der Waals surface area contributed by atoms with Crippen molar-refractivity contribution in [3.8, 4) is 0 Å². The van der Waals surface area contributed by atoms with E-state index in [0.29, 0.717) is 5.91 Å². The summed E-state index contributed by atoms with van der Waals surface area (Å²) in [5.74, 6) is 0.326. The SMILES string of the molecule is CC1(C(=O)NCC2(N3CCCCC3)CCCCC2)CCCC1. The summed E-state index contributed by atoms with van der Waals surface area (Å²) >= 11 is 0. The Bertz CT molecular complexity index is 375. The summed E-state index contributed by atoms with van der Waals surface area (Å²) in [6.07, 6.45) is 15.3. The van der Waals surface area contributed by atoms with E-state index >= 15 is 0 Å². The van der Waals surface area contributed by atoms with Gasteiger partial charge in [0.25, 0.3) is 0 Å². The number of hydrogen-bond donors (Lipinski definition) is 1. The van der Waals surface area contributed by atoms with Crippen LogP contribution in [0.4, 0.5) is 0 Å². The van der Waals surface area contributed by atoms with Crippen LogP contribution >= 0.6 is 0 Å². The summed E-state index contributed by atoms with van der Waals surface area (Å²) in [4.78, 5) is 15.4. The average Bonchev–Trinajstić information content (AvgIpc) is 3.02. The normalized spacial score (nSPS) is 28.4. The number of nitrogens with one attached hydrogen (secondary N) is 1.